The molecule has 3 rings (SSSR count). The zero-order valence-electron chi connectivity index (χ0n) is 9.71. The third-order valence-corrected chi connectivity index (χ3v) is 4.71. The van der Waals surface area contributed by atoms with E-state index in [-0.39, 0.29) is 17.2 Å². The summed E-state index contributed by atoms with van der Waals surface area (Å²) in [5.41, 5.74) is 0.958. The van der Waals surface area contributed by atoms with Gasteiger partial charge in [-0.25, -0.2) is 0 Å². The van der Waals surface area contributed by atoms with Crippen LogP contribution in [0.25, 0.3) is 0 Å². The lowest BCUT2D eigenvalue weighted by atomic mass is 9.73. The maximum absolute atomic E-state index is 12.1. The number of carbonyl (C=O) groups is 1. The molecule has 0 bridgehead atoms. The number of nitrogens with one attached hydrogen (secondary N) is 1. The van der Waals surface area contributed by atoms with Crippen molar-refractivity contribution in [2.75, 3.05) is 6.54 Å². The van der Waals surface area contributed by atoms with Gasteiger partial charge in [0.05, 0.1) is 5.41 Å². The van der Waals surface area contributed by atoms with Gasteiger partial charge in [-0.3, -0.25) is 4.79 Å². The Hall–Kier alpha value is -1.02. The third-order valence-electron chi connectivity index (χ3n) is 4.36. The molecule has 3 heteroatoms. The van der Waals surface area contributed by atoms with E-state index in [4.69, 9.17) is 11.6 Å². The molecule has 1 amide bonds. The number of hydrogen-bond donors (Lipinski definition) is 1. The van der Waals surface area contributed by atoms with E-state index < -0.39 is 0 Å². The first-order valence-electron chi connectivity index (χ1n) is 6.27. The molecule has 1 N–H and O–H groups in total. The summed E-state index contributed by atoms with van der Waals surface area (Å²) in [7, 11) is 0. The second-order valence-electron chi connectivity index (χ2n) is 5.15. The number of amides is 1. The highest BCUT2D eigenvalue weighted by Crippen LogP contribution is 2.52. The van der Waals surface area contributed by atoms with Crippen LogP contribution in [0.1, 0.15) is 37.2 Å². The molecule has 1 saturated heterocycles. The van der Waals surface area contributed by atoms with Crippen LogP contribution in [0, 0.1) is 5.41 Å². The van der Waals surface area contributed by atoms with Crippen LogP contribution in [0.15, 0.2) is 24.3 Å². The molecule has 1 aliphatic heterocycles. The van der Waals surface area contributed by atoms with Crippen LogP contribution in [0.5, 0.6) is 0 Å². The maximum Gasteiger partial charge on any atom is 0.226 e. The van der Waals surface area contributed by atoms with Crippen molar-refractivity contribution in [3.63, 3.8) is 0 Å². The Bertz CT molecular complexity index is 451. The SMILES string of the molecule is O=C1NCC(c2ccccc2Cl)C12CCCC2. The summed E-state index contributed by atoms with van der Waals surface area (Å²) in [5.74, 6) is 0.492. The quantitative estimate of drug-likeness (QED) is 0.814. The van der Waals surface area contributed by atoms with Crippen LogP contribution in [0.2, 0.25) is 5.02 Å². The Kier molecular flexibility index (Phi) is 2.62. The minimum absolute atomic E-state index is 0.176. The largest absolute Gasteiger partial charge is 0.355 e. The Balaban J connectivity index is 2.03. The van der Waals surface area contributed by atoms with Gasteiger partial charge in [-0.15, -0.1) is 0 Å². The Morgan fingerprint density at radius 3 is 2.65 bits per heavy atom. The second-order valence-corrected chi connectivity index (χ2v) is 5.55. The van der Waals surface area contributed by atoms with E-state index in [1.54, 1.807) is 0 Å². The van der Waals surface area contributed by atoms with E-state index in [0.29, 0.717) is 0 Å². The molecule has 0 radical (unpaired) electrons. The molecule has 1 unspecified atom stereocenters. The summed E-state index contributed by atoms with van der Waals surface area (Å²) < 4.78 is 0. The van der Waals surface area contributed by atoms with E-state index >= 15 is 0 Å². The minimum Gasteiger partial charge on any atom is -0.355 e. The number of carbonyl (C=O) groups excluding carboxylic acids is 1. The smallest absolute Gasteiger partial charge is 0.226 e. The number of halogens is 1. The van der Waals surface area contributed by atoms with Crippen LogP contribution in [0.4, 0.5) is 0 Å². The van der Waals surface area contributed by atoms with E-state index in [2.05, 4.69) is 11.4 Å². The van der Waals surface area contributed by atoms with Gasteiger partial charge in [-0.05, 0) is 24.5 Å². The highest BCUT2D eigenvalue weighted by Gasteiger charge is 2.52. The van der Waals surface area contributed by atoms with Gasteiger partial charge in [0.25, 0.3) is 0 Å². The lowest BCUT2D eigenvalue weighted by Crippen LogP contribution is -2.31. The number of rotatable bonds is 1. The molecular formula is C14H16ClNO. The lowest BCUT2D eigenvalue weighted by molar-refractivity contribution is -0.127. The van der Waals surface area contributed by atoms with Crippen molar-refractivity contribution >= 4 is 17.5 Å². The van der Waals surface area contributed by atoms with Crippen molar-refractivity contribution in [1.82, 2.24) is 5.32 Å². The van der Waals surface area contributed by atoms with Crippen molar-refractivity contribution in [3.8, 4) is 0 Å². The Labute approximate surface area is 106 Å². The van der Waals surface area contributed by atoms with E-state index in [9.17, 15) is 4.79 Å². The monoisotopic (exact) mass is 249 g/mol. The molecule has 90 valence electrons. The summed E-state index contributed by atoms with van der Waals surface area (Å²) in [6.45, 7) is 0.739. The summed E-state index contributed by atoms with van der Waals surface area (Å²) in [6, 6.07) is 7.93. The van der Waals surface area contributed by atoms with E-state index in [0.717, 1.165) is 42.8 Å². The Morgan fingerprint density at radius 2 is 1.94 bits per heavy atom. The molecule has 1 aliphatic carbocycles. The molecule has 1 heterocycles. The van der Waals surface area contributed by atoms with Crippen LogP contribution < -0.4 is 5.32 Å². The number of hydrogen-bond acceptors (Lipinski definition) is 1. The second kappa shape index (κ2) is 4.02. The third kappa shape index (κ3) is 1.58. The van der Waals surface area contributed by atoms with Gasteiger partial charge >= 0.3 is 0 Å². The van der Waals surface area contributed by atoms with Crippen molar-refractivity contribution in [2.45, 2.75) is 31.6 Å². The van der Waals surface area contributed by atoms with Gasteiger partial charge in [-0.2, -0.15) is 0 Å². The lowest BCUT2D eigenvalue weighted by Gasteiger charge is -2.28. The highest BCUT2D eigenvalue weighted by atomic mass is 35.5. The summed E-state index contributed by atoms with van der Waals surface area (Å²) in [6.07, 6.45) is 4.34. The summed E-state index contributed by atoms with van der Waals surface area (Å²) in [4.78, 5) is 12.1. The molecular weight excluding hydrogens is 234 g/mol. The van der Waals surface area contributed by atoms with Crippen molar-refractivity contribution in [2.24, 2.45) is 5.41 Å². The molecule has 2 aliphatic rings. The fourth-order valence-corrected chi connectivity index (χ4v) is 3.74. The maximum atomic E-state index is 12.1. The van der Waals surface area contributed by atoms with Crippen LogP contribution in [-0.2, 0) is 4.79 Å². The predicted octanol–water partition coefficient (Wildman–Crippen LogP) is 3.11. The molecule has 17 heavy (non-hydrogen) atoms. The van der Waals surface area contributed by atoms with Gasteiger partial charge in [0, 0.05) is 17.5 Å². The molecule has 1 aromatic carbocycles. The average molecular weight is 250 g/mol. The molecule has 2 nitrogen and oxygen atoms in total. The molecule has 1 saturated carbocycles. The predicted molar refractivity (Wildman–Crippen MR) is 68.1 cm³/mol. The highest BCUT2D eigenvalue weighted by molar-refractivity contribution is 6.31. The minimum atomic E-state index is -0.176. The molecule has 0 aromatic heterocycles. The summed E-state index contributed by atoms with van der Waals surface area (Å²) in [5, 5.41) is 3.82. The fraction of sp³-hybridized carbons (Fsp3) is 0.500. The van der Waals surface area contributed by atoms with Crippen molar-refractivity contribution in [1.29, 1.82) is 0 Å². The average Bonchev–Trinajstić information content (AvgIpc) is 2.92. The molecule has 1 aromatic rings. The van der Waals surface area contributed by atoms with Gasteiger partial charge in [-0.1, -0.05) is 42.6 Å². The molecule has 2 fully saturated rings. The first-order valence-corrected chi connectivity index (χ1v) is 6.64. The zero-order chi connectivity index (χ0) is 11.9. The van der Waals surface area contributed by atoms with Crippen LogP contribution >= 0.6 is 11.6 Å². The van der Waals surface area contributed by atoms with Gasteiger partial charge in [0.1, 0.15) is 0 Å². The standard InChI is InChI=1S/C14H16ClNO/c15-12-6-2-1-5-10(12)11-9-16-13(17)14(11)7-3-4-8-14/h1-2,5-6,11H,3-4,7-9H2,(H,16,17). The van der Waals surface area contributed by atoms with Gasteiger partial charge in [0.15, 0.2) is 0 Å². The van der Waals surface area contributed by atoms with Crippen LogP contribution in [-0.4, -0.2) is 12.5 Å². The van der Waals surface area contributed by atoms with E-state index in [1.165, 1.54) is 0 Å². The van der Waals surface area contributed by atoms with Gasteiger partial charge < -0.3 is 5.32 Å². The first-order chi connectivity index (χ1) is 8.24. The fourth-order valence-electron chi connectivity index (χ4n) is 3.47. The van der Waals surface area contributed by atoms with Crippen molar-refractivity contribution < 1.29 is 4.79 Å². The molecule has 1 atom stereocenters. The topological polar surface area (TPSA) is 29.1 Å². The first kappa shape index (κ1) is 11.1. The number of benzene rings is 1. The van der Waals surface area contributed by atoms with E-state index in [1.807, 2.05) is 18.2 Å². The van der Waals surface area contributed by atoms with Crippen LogP contribution in [0.3, 0.4) is 0 Å². The van der Waals surface area contributed by atoms with Crippen molar-refractivity contribution in [3.05, 3.63) is 34.9 Å². The Morgan fingerprint density at radius 1 is 1.24 bits per heavy atom. The van der Waals surface area contributed by atoms with Gasteiger partial charge in [0.2, 0.25) is 5.91 Å². The normalized spacial score (nSPS) is 26.4. The summed E-state index contributed by atoms with van der Waals surface area (Å²) >= 11 is 6.27. The molecule has 1 spiro atoms. The zero-order valence-corrected chi connectivity index (χ0v) is 10.5.